The van der Waals surface area contributed by atoms with E-state index in [0.717, 1.165) is 0 Å². The zero-order valence-electron chi connectivity index (χ0n) is 14.8. The predicted molar refractivity (Wildman–Crippen MR) is 104 cm³/mol. The number of carbonyl (C=O) groups excluding carboxylic acids is 1. The summed E-state index contributed by atoms with van der Waals surface area (Å²) in [7, 11) is 0. The van der Waals surface area contributed by atoms with Gasteiger partial charge in [-0.1, -0.05) is 12.1 Å². The van der Waals surface area contributed by atoms with Crippen molar-refractivity contribution in [1.29, 1.82) is 0 Å². The molecule has 1 amide bonds. The minimum Gasteiger partial charge on any atom is -0.399 e. The van der Waals surface area contributed by atoms with Crippen LogP contribution in [0.3, 0.4) is 0 Å². The lowest BCUT2D eigenvalue weighted by molar-refractivity contribution is 0.102. The topological polar surface area (TPSA) is 126 Å². The van der Waals surface area contributed by atoms with Gasteiger partial charge in [-0.2, -0.15) is 4.98 Å². The number of pyridine rings is 1. The number of nitrogens with two attached hydrogens (primary N) is 1. The van der Waals surface area contributed by atoms with Crippen molar-refractivity contribution in [2.24, 2.45) is 0 Å². The molecule has 0 saturated heterocycles. The molecule has 3 rings (SSSR count). The highest BCUT2D eigenvalue weighted by molar-refractivity contribution is 6.04. The van der Waals surface area contributed by atoms with Crippen LogP contribution in [0.25, 0.3) is 11.4 Å². The van der Waals surface area contributed by atoms with E-state index in [1.165, 1.54) is 0 Å². The highest BCUT2D eigenvalue weighted by Gasteiger charge is 2.13. The number of nitrogens with zero attached hydrogens (tertiary/aromatic N) is 3. The van der Waals surface area contributed by atoms with Crippen molar-refractivity contribution in [3.8, 4) is 11.4 Å². The summed E-state index contributed by atoms with van der Waals surface area (Å²) in [6.45, 7) is 1.71. The van der Waals surface area contributed by atoms with Gasteiger partial charge in [-0.3, -0.25) is 9.78 Å². The average molecular weight is 364 g/mol. The van der Waals surface area contributed by atoms with Crippen LogP contribution in [0.1, 0.15) is 17.3 Å². The molecule has 8 heteroatoms. The second kappa shape index (κ2) is 8.24. The van der Waals surface area contributed by atoms with Crippen molar-refractivity contribution in [3.05, 3.63) is 60.3 Å². The molecule has 5 N–H and O–H groups in total. The number of benzene rings is 1. The van der Waals surface area contributed by atoms with Crippen LogP contribution in [0, 0.1) is 0 Å². The van der Waals surface area contributed by atoms with E-state index in [1.807, 2.05) is 12.1 Å². The van der Waals surface area contributed by atoms with Gasteiger partial charge >= 0.3 is 0 Å². The lowest BCUT2D eigenvalue weighted by Crippen LogP contribution is -2.22. The lowest BCUT2D eigenvalue weighted by Gasteiger charge is -2.13. The number of carbonyl (C=O) groups is 1. The SMILES string of the molecule is C[C@H](CO)Nc1nc(NC(=O)c2cccc(N)c2)cc(-c2ccccn2)n1. The Bertz CT molecular complexity index is 932. The van der Waals surface area contributed by atoms with E-state index in [2.05, 4.69) is 25.6 Å². The summed E-state index contributed by atoms with van der Waals surface area (Å²) in [4.78, 5) is 25.5. The van der Waals surface area contributed by atoms with E-state index in [-0.39, 0.29) is 24.5 Å². The van der Waals surface area contributed by atoms with Gasteiger partial charge in [0.15, 0.2) is 0 Å². The van der Waals surface area contributed by atoms with Gasteiger partial charge in [0.1, 0.15) is 5.82 Å². The van der Waals surface area contributed by atoms with Gasteiger partial charge in [0.05, 0.1) is 18.0 Å². The molecule has 27 heavy (non-hydrogen) atoms. The molecule has 0 bridgehead atoms. The summed E-state index contributed by atoms with van der Waals surface area (Å²) in [6, 6.07) is 13.5. The summed E-state index contributed by atoms with van der Waals surface area (Å²) >= 11 is 0. The Hall–Kier alpha value is -3.52. The summed E-state index contributed by atoms with van der Waals surface area (Å²) in [5, 5.41) is 15.0. The number of nitrogen functional groups attached to an aromatic ring is 1. The molecule has 0 aliphatic heterocycles. The van der Waals surface area contributed by atoms with Crippen LogP contribution in [-0.4, -0.2) is 38.6 Å². The highest BCUT2D eigenvalue weighted by Crippen LogP contribution is 2.20. The number of aliphatic hydroxyl groups is 1. The molecular weight excluding hydrogens is 344 g/mol. The third-order valence-electron chi connectivity index (χ3n) is 3.69. The molecule has 0 fully saturated rings. The minimum atomic E-state index is -0.339. The number of amides is 1. The summed E-state index contributed by atoms with van der Waals surface area (Å²) in [6.07, 6.45) is 1.66. The Morgan fingerprint density at radius 1 is 1.15 bits per heavy atom. The van der Waals surface area contributed by atoms with E-state index in [9.17, 15) is 9.90 Å². The fourth-order valence-corrected chi connectivity index (χ4v) is 2.36. The molecule has 0 radical (unpaired) electrons. The first-order valence-electron chi connectivity index (χ1n) is 8.40. The van der Waals surface area contributed by atoms with Crippen LogP contribution >= 0.6 is 0 Å². The Morgan fingerprint density at radius 2 is 2.00 bits per heavy atom. The van der Waals surface area contributed by atoms with E-state index in [1.54, 1.807) is 49.5 Å². The van der Waals surface area contributed by atoms with Crippen molar-refractivity contribution in [2.75, 3.05) is 23.0 Å². The number of anilines is 3. The Kier molecular flexibility index (Phi) is 5.58. The number of hydrogen-bond acceptors (Lipinski definition) is 7. The third-order valence-corrected chi connectivity index (χ3v) is 3.69. The molecule has 0 saturated carbocycles. The number of rotatable bonds is 6. The fourth-order valence-electron chi connectivity index (χ4n) is 2.36. The average Bonchev–Trinajstić information content (AvgIpc) is 2.68. The van der Waals surface area contributed by atoms with Gasteiger partial charge in [-0.05, 0) is 37.3 Å². The molecule has 1 atom stereocenters. The molecule has 2 aromatic heterocycles. The fraction of sp³-hybridized carbons (Fsp3) is 0.158. The Labute approximate surface area is 156 Å². The van der Waals surface area contributed by atoms with Gasteiger partial charge in [0.25, 0.3) is 5.91 Å². The van der Waals surface area contributed by atoms with Crippen molar-refractivity contribution < 1.29 is 9.90 Å². The Balaban J connectivity index is 1.93. The summed E-state index contributed by atoms with van der Waals surface area (Å²) in [5.74, 6) is 0.252. The molecule has 0 aliphatic rings. The van der Waals surface area contributed by atoms with Gasteiger partial charge in [0, 0.05) is 29.6 Å². The Morgan fingerprint density at radius 3 is 2.70 bits per heavy atom. The van der Waals surface area contributed by atoms with Crippen LogP contribution in [0.5, 0.6) is 0 Å². The van der Waals surface area contributed by atoms with Crippen LogP contribution in [0.2, 0.25) is 0 Å². The maximum Gasteiger partial charge on any atom is 0.256 e. The first-order valence-corrected chi connectivity index (χ1v) is 8.40. The zero-order valence-corrected chi connectivity index (χ0v) is 14.8. The smallest absolute Gasteiger partial charge is 0.256 e. The normalized spacial score (nSPS) is 11.6. The summed E-state index contributed by atoms with van der Waals surface area (Å²) in [5.41, 5.74) is 7.84. The molecule has 8 nitrogen and oxygen atoms in total. The number of hydrogen-bond donors (Lipinski definition) is 4. The van der Waals surface area contributed by atoms with Gasteiger partial charge < -0.3 is 21.5 Å². The molecule has 3 aromatic rings. The molecule has 0 spiro atoms. The first-order chi connectivity index (χ1) is 13.0. The third kappa shape index (κ3) is 4.77. The maximum atomic E-state index is 12.5. The van der Waals surface area contributed by atoms with Crippen molar-refractivity contribution in [1.82, 2.24) is 15.0 Å². The van der Waals surface area contributed by atoms with Crippen molar-refractivity contribution in [2.45, 2.75) is 13.0 Å². The number of aromatic nitrogens is 3. The van der Waals surface area contributed by atoms with Crippen LogP contribution < -0.4 is 16.4 Å². The van der Waals surface area contributed by atoms with Gasteiger partial charge in [-0.25, -0.2) is 4.98 Å². The molecule has 0 aliphatic carbocycles. The van der Waals surface area contributed by atoms with Crippen LogP contribution in [0.15, 0.2) is 54.7 Å². The standard InChI is InChI=1S/C19H20N6O2/c1-12(11-26)22-19-23-16(15-7-2-3-8-21-15)10-17(25-19)24-18(27)13-5-4-6-14(20)9-13/h2-10,12,26H,11,20H2,1H3,(H2,22,23,24,25,27)/t12-/m1/s1. The lowest BCUT2D eigenvalue weighted by atomic mass is 10.2. The van der Waals surface area contributed by atoms with Gasteiger partial charge in [-0.15, -0.1) is 0 Å². The molecule has 2 heterocycles. The predicted octanol–water partition coefficient (Wildman–Crippen LogP) is 2.17. The second-order valence-corrected chi connectivity index (χ2v) is 5.98. The van der Waals surface area contributed by atoms with Crippen molar-refractivity contribution in [3.63, 3.8) is 0 Å². The summed E-state index contributed by atoms with van der Waals surface area (Å²) < 4.78 is 0. The van der Waals surface area contributed by atoms with E-state index in [4.69, 9.17) is 5.73 Å². The molecule has 138 valence electrons. The minimum absolute atomic E-state index is 0.0812. The molecule has 0 unspecified atom stereocenters. The molecular formula is C19H20N6O2. The van der Waals surface area contributed by atoms with Crippen molar-refractivity contribution >= 4 is 23.4 Å². The van der Waals surface area contributed by atoms with E-state index >= 15 is 0 Å². The maximum absolute atomic E-state index is 12.5. The first kappa shape index (κ1) is 18.3. The van der Waals surface area contributed by atoms with E-state index in [0.29, 0.717) is 28.5 Å². The molecule has 1 aromatic carbocycles. The van der Waals surface area contributed by atoms with E-state index < -0.39 is 0 Å². The largest absolute Gasteiger partial charge is 0.399 e. The van der Waals surface area contributed by atoms with Crippen LogP contribution in [-0.2, 0) is 0 Å². The highest BCUT2D eigenvalue weighted by atomic mass is 16.3. The second-order valence-electron chi connectivity index (χ2n) is 5.98. The number of aliphatic hydroxyl groups excluding tert-OH is 1. The zero-order chi connectivity index (χ0) is 19.2. The monoisotopic (exact) mass is 364 g/mol. The van der Waals surface area contributed by atoms with Crippen LogP contribution in [0.4, 0.5) is 17.5 Å². The quantitative estimate of drug-likeness (QED) is 0.494. The van der Waals surface area contributed by atoms with Gasteiger partial charge in [0.2, 0.25) is 5.95 Å². The number of nitrogens with one attached hydrogen (secondary N) is 2.